The minimum atomic E-state index is -3.00. The van der Waals surface area contributed by atoms with Gasteiger partial charge < -0.3 is 4.18 Å². The van der Waals surface area contributed by atoms with Crippen LogP contribution in [-0.2, 0) is 20.0 Å². The highest BCUT2D eigenvalue weighted by molar-refractivity contribution is 8.30. The third kappa shape index (κ3) is 3.02. The molecule has 0 spiro atoms. The molecule has 5 heteroatoms. The Bertz CT molecular complexity index is 649. The number of hydrogen-bond acceptors (Lipinski definition) is 3. The molecule has 2 nitrogen and oxygen atoms in total. The van der Waals surface area contributed by atoms with Gasteiger partial charge in [0.05, 0.1) is 9.92 Å². The summed E-state index contributed by atoms with van der Waals surface area (Å²) in [6.45, 7) is 1.95. The first-order valence-electron chi connectivity index (χ1n) is 5.25. The molecule has 2 rings (SSSR count). The number of benzene rings is 2. The van der Waals surface area contributed by atoms with Crippen molar-refractivity contribution in [1.82, 2.24) is 0 Å². The van der Waals surface area contributed by atoms with Gasteiger partial charge in [0.25, 0.3) is 0 Å². The summed E-state index contributed by atoms with van der Waals surface area (Å²) in [5.74, 6) is 0.333. The molecule has 0 N–H and O–H groups in total. The van der Waals surface area contributed by atoms with Crippen molar-refractivity contribution in [2.45, 2.75) is 11.8 Å². The molecule has 0 aromatic heterocycles. The molecule has 1 unspecified atom stereocenters. The predicted molar refractivity (Wildman–Crippen MR) is 77.0 cm³/mol. The zero-order valence-corrected chi connectivity index (χ0v) is 12.0. The number of halogens is 1. The number of aryl methyl sites for hydroxylation is 1. The van der Waals surface area contributed by atoms with Crippen LogP contribution in [-0.4, -0.2) is 4.21 Å². The molecule has 0 saturated heterocycles. The van der Waals surface area contributed by atoms with Gasteiger partial charge in [-0.3, -0.25) is 0 Å². The fourth-order valence-electron chi connectivity index (χ4n) is 1.38. The molecule has 94 valence electrons. The maximum atomic E-state index is 12.4. The van der Waals surface area contributed by atoms with Crippen LogP contribution in [0.4, 0.5) is 0 Å². The molecular weight excluding hydrogens is 288 g/mol. The highest BCUT2D eigenvalue weighted by atomic mass is 35.5. The summed E-state index contributed by atoms with van der Waals surface area (Å²) in [6, 6.07) is 13.9. The molecule has 1 atom stereocenters. The van der Waals surface area contributed by atoms with Gasteiger partial charge >= 0.3 is 0 Å². The minimum absolute atomic E-state index is 0.333. The monoisotopic (exact) mass is 298 g/mol. The van der Waals surface area contributed by atoms with Crippen LogP contribution in [0.25, 0.3) is 0 Å². The Hall–Kier alpha value is -1.10. The smallest absolute Gasteiger partial charge is 0.215 e. The molecule has 0 fully saturated rings. The molecule has 2 aromatic carbocycles. The maximum Gasteiger partial charge on any atom is 0.215 e. The Morgan fingerprint density at radius 3 is 2.33 bits per heavy atom. The van der Waals surface area contributed by atoms with Crippen molar-refractivity contribution in [3.8, 4) is 5.75 Å². The Balaban J connectivity index is 2.33. The molecule has 0 aliphatic heterocycles. The summed E-state index contributed by atoms with van der Waals surface area (Å²) >= 11 is 11.0. The zero-order chi connectivity index (χ0) is 13.2. The third-order valence-electron chi connectivity index (χ3n) is 2.35. The second kappa shape index (κ2) is 5.26. The Morgan fingerprint density at radius 2 is 1.72 bits per heavy atom. The van der Waals surface area contributed by atoms with Gasteiger partial charge in [0.1, 0.15) is 0 Å². The highest BCUT2D eigenvalue weighted by Crippen LogP contribution is 2.27. The first-order valence-corrected chi connectivity index (χ1v) is 8.03. The number of rotatable bonds is 3. The molecular formula is C13H11ClO2S2. The van der Waals surface area contributed by atoms with Crippen molar-refractivity contribution in [2.75, 3.05) is 0 Å². The molecule has 0 heterocycles. The lowest BCUT2D eigenvalue weighted by Crippen LogP contribution is -2.08. The highest BCUT2D eigenvalue weighted by Gasteiger charge is 2.13. The molecule has 0 radical (unpaired) electrons. The summed E-state index contributed by atoms with van der Waals surface area (Å²) in [4.78, 5) is 0.475. The standard InChI is InChI=1S/C13H11ClO2S2/c1-10-6-8-11(9-7-10)18(15,17)16-13-5-3-2-4-12(13)14/h2-9H,1H3. The zero-order valence-electron chi connectivity index (χ0n) is 9.63. The van der Waals surface area contributed by atoms with Gasteiger partial charge in [-0.05, 0) is 31.2 Å². The molecule has 0 saturated carbocycles. The third-order valence-corrected chi connectivity index (χ3v) is 4.69. The van der Waals surface area contributed by atoms with E-state index >= 15 is 0 Å². The van der Waals surface area contributed by atoms with Gasteiger partial charge in [-0.15, -0.1) is 0 Å². The van der Waals surface area contributed by atoms with Crippen LogP contribution in [0.3, 0.4) is 0 Å². The quantitative estimate of drug-likeness (QED) is 0.863. The van der Waals surface area contributed by atoms with Gasteiger partial charge in [-0.25, -0.2) is 4.21 Å². The Morgan fingerprint density at radius 1 is 1.11 bits per heavy atom. The van der Waals surface area contributed by atoms with Gasteiger partial charge in [-0.1, -0.05) is 41.4 Å². The van der Waals surface area contributed by atoms with Gasteiger partial charge in [0.2, 0.25) is 8.77 Å². The predicted octanol–water partition coefficient (Wildman–Crippen LogP) is 3.75. The summed E-state index contributed by atoms with van der Waals surface area (Å²) in [5.41, 5.74) is 1.07. The van der Waals surface area contributed by atoms with E-state index < -0.39 is 8.77 Å². The fourth-order valence-corrected chi connectivity index (χ4v) is 3.10. The average molecular weight is 299 g/mol. The number of hydrogen-bond donors (Lipinski definition) is 0. The molecule has 0 amide bonds. The van der Waals surface area contributed by atoms with Crippen molar-refractivity contribution < 1.29 is 8.39 Å². The van der Waals surface area contributed by atoms with E-state index in [1.165, 1.54) is 0 Å². The van der Waals surface area contributed by atoms with E-state index in [0.29, 0.717) is 15.7 Å². The van der Waals surface area contributed by atoms with Crippen LogP contribution in [0, 0.1) is 6.92 Å². The summed E-state index contributed by atoms with van der Waals surface area (Å²) in [6.07, 6.45) is 0. The van der Waals surface area contributed by atoms with Crippen LogP contribution in [0.15, 0.2) is 53.4 Å². The lowest BCUT2D eigenvalue weighted by Gasteiger charge is -2.11. The SMILES string of the molecule is Cc1ccc(S(=O)(=S)Oc2ccccc2Cl)cc1. The van der Waals surface area contributed by atoms with Crippen LogP contribution in [0.1, 0.15) is 5.56 Å². The van der Waals surface area contributed by atoms with Gasteiger partial charge in [-0.2, -0.15) is 0 Å². The first kappa shape index (κ1) is 13.3. The van der Waals surface area contributed by atoms with E-state index in [2.05, 4.69) is 0 Å². The van der Waals surface area contributed by atoms with E-state index in [-0.39, 0.29) is 0 Å². The van der Waals surface area contributed by atoms with E-state index in [9.17, 15) is 4.21 Å². The second-order valence-corrected chi connectivity index (χ2v) is 7.05. The minimum Gasteiger partial charge on any atom is -0.396 e. The summed E-state index contributed by atoms with van der Waals surface area (Å²) < 4.78 is 17.7. The van der Waals surface area contributed by atoms with E-state index in [0.717, 1.165) is 5.56 Å². The Labute approximate surface area is 116 Å². The van der Waals surface area contributed by atoms with Crippen molar-refractivity contribution >= 4 is 31.6 Å². The maximum absolute atomic E-state index is 12.4. The lowest BCUT2D eigenvalue weighted by molar-refractivity contribution is 0.560. The molecule has 0 aliphatic carbocycles. The molecule has 0 bridgehead atoms. The van der Waals surface area contributed by atoms with Gasteiger partial charge in [0.15, 0.2) is 5.75 Å². The summed E-state index contributed by atoms with van der Waals surface area (Å²) in [7, 11) is -3.00. The van der Waals surface area contributed by atoms with Crippen LogP contribution < -0.4 is 4.18 Å². The second-order valence-electron chi connectivity index (χ2n) is 3.78. The van der Waals surface area contributed by atoms with Crippen molar-refractivity contribution in [3.63, 3.8) is 0 Å². The van der Waals surface area contributed by atoms with E-state index in [1.807, 2.05) is 19.1 Å². The normalized spacial score (nSPS) is 13.9. The lowest BCUT2D eigenvalue weighted by atomic mass is 10.2. The van der Waals surface area contributed by atoms with Crippen molar-refractivity contribution in [3.05, 3.63) is 59.1 Å². The first-order chi connectivity index (χ1) is 8.49. The number of para-hydroxylation sites is 1. The topological polar surface area (TPSA) is 26.3 Å². The van der Waals surface area contributed by atoms with Crippen LogP contribution in [0.5, 0.6) is 5.75 Å². The molecule has 18 heavy (non-hydrogen) atoms. The van der Waals surface area contributed by atoms with E-state index in [1.54, 1.807) is 36.4 Å². The van der Waals surface area contributed by atoms with Crippen molar-refractivity contribution in [2.24, 2.45) is 0 Å². The summed E-state index contributed by atoms with van der Waals surface area (Å²) in [5, 5.41) is 0.391. The van der Waals surface area contributed by atoms with Crippen LogP contribution >= 0.6 is 11.6 Å². The van der Waals surface area contributed by atoms with Crippen LogP contribution in [0.2, 0.25) is 5.02 Å². The molecule has 2 aromatic rings. The largest absolute Gasteiger partial charge is 0.396 e. The van der Waals surface area contributed by atoms with E-state index in [4.69, 9.17) is 27.0 Å². The van der Waals surface area contributed by atoms with Crippen molar-refractivity contribution in [1.29, 1.82) is 0 Å². The van der Waals surface area contributed by atoms with Gasteiger partial charge in [0, 0.05) is 11.2 Å². The fraction of sp³-hybridized carbons (Fsp3) is 0.0769. The Kier molecular flexibility index (Phi) is 3.90. The average Bonchev–Trinajstić information content (AvgIpc) is 2.32. The molecule has 0 aliphatic rings.